The van der Waals surface area contributed by atoms with E-state index in [1.165, 1.54) is 0 Å². The summed E-state index contributed by atoms with van der Waals surface area (Å²) in [6, 6.07) is 7.37. The van der Waals surface area contributed by atoms with Crippen LogP contribution in [-0.4, -0.2) is 34.7 Å². The molecule has 0 aliphatic rings. The molecule has 0 aromatic heterocycles. The van der Waals surface area contributed by atoms with Crippen molar-refractivity contribution in [3.63, 3.8) is 0 Å². The Balaban J connectivity index is 2.41. The van der Waals surface area contributed by atoms with Gasteiger partial charge in [0.2, 0.25) is 5.91 Å². The fraction of sp³-hybridized carbons (Fsp3) is 0.385. The maximum Gasteiger partial charge on any atom is 0.332 e. The van der Waals surface area contributed by atoms with E-state index < -0.39 is 12.1 Å². The average Bonchev–Trinajstić information content (AvgIpc) is 2.39. The zero-order valence-corrected chi connectivity index (χ0v) is 10.5. The summed E-state index contributed by atoms with van der Waals surface area (Å²) in [6.45, 7) is 0.484. The molecule has 6 nitrogen and oxygen atoms in total. The van der Waals surface area contributed by atoms with Crippen molar-refractivity contribution in [3.05, 3.63) is 35.4 Å². The number of nitrogens with two attached hydrogens (primary N) is 1. The van der Waals surface area contributed by atoms with Crippen LogP contribution in [0.2, 0.25) is 0 Å². The molecule has 1 rings (SSSR count). The van der Waals surface area contributed by atoms with E-state index in [1.54, 1.807) is 0 Å². The predicted octanol–water partition coefficient (Wildman–Crippen LogP) is -0.360. The highest BCUT2D eigenvalue weighted by atomic mass is 16.4. The lowest BCUT2D eigenvalue weighted by Gasteiger charge is -2.09. The zero-order valence-electron chi connectivity index (χ0n) is 10.5. The van der Waals surface area contributed by atoms with Crippen LogP contribution in [0.1, 0.15) is 17.5 Å². The normalized spacial score (nSPS) is 11.9. The first kappa shape index (κ1) is 15.1. The van der Waals surface area contributed by atoms with Crippen LogP contribution in [0.4, 0.5) is 0 Å². The van der Waals surface area contributed by atoms with E-state index >= 15 is 0 Å². The Morgan fingerprint density at radius 1 is 1.26 bits per heavy atom. The minimum Gasteiger partial charge on any atom is -0.479 e. The van der Waals surface area contributed by atoms with E-state index in [4.69, 9.17) is 15.9 Å². The van der Waals surface area contributed by atoms with Crippen molar-refractivity contribution in [2.75, 3.05) is 6.54 Å². The summed E-state index contributed by atoms with van der Waals surface area (Å²) in [5.74, 6) is -1.51. The van der Waals surface area contributed by atoms with E-state index in [0.29, 0.717) is 6.54 Å². The number of aliphatic hydroxyl groups excluding tert-OH is 1. The Morgan fingerprint density at radius 3 is 2.47 bits per heavy atom. The molecule has 0 spiro atoms. The summed E-state index contributed by atoms with van der Waals surface area (Å²) >= 11 is 0. The summed E-state index contributed by atoms with van der Waals surface area (Å²) in [5.41, 5.74) is 7.32. The molecule has 0 bridgehead atoms. The highest BCUT2D eigenvalue weighted by molar-refractivity contribution is 5.79. The number of aliphatic carboxylic acids is 1. The van der Waals surface area contributed by atoms with Gasteiger partial charge in [-0.05, 0) is 11.1 Å². The SMILES string of the molecule is NCc1ccccc1CC(=O)NCCC(O)C(=O)O. The molecule has 1 atom stereocenters. The Hall–Kier alpha value is -1.92. The number of nitrogens with one attached hydrogen (secondary N) is 1. The number of hydrogen-bond donors (Lipinski definition) is 4. The number of carboxylic acid groups (broad SMARTS) is 1. The molecule has 6 heteroatoms. The van der Waals surface area contributed by atoms with Gasteiger partial charge in [-0.15, -0.1) is 0 Å². The number of benzene rings is 1. The number of rotatable bonds is 7. The van der Waals surface area contributed by atoms with Gasteiger partial charge in [-0.3, -0.25) is 4.79 Å². The van der Waals surface area contributed by atoms with Gasteiger partial charge in [0.15, 0.2) is 6.10 Å². The van der Waals surface area contributed by atoms with Crippen molar-refractivity contribution in [2.24, 2.45) is 5.73 Å². The average molecular weight is 266 g/mol. The van der Waals surface area contributed by atoms with Gasteiger partial charge in [-0.1, -0.05) is 24.3 Å². The predicted molar refractivity (Wildman–Crippen MR) is 69.3 cm³/mol. The number of amides is 1. The van der Waals surface area contributed by atoms with Gasteiger partial charge in [0.05, 0.1) is 6.42 Å². The van der Waals surface area contributed by atoms with Crippen molar-refractivity contribution in [2.45, 2.75) is 25.5 Å². The minimum absolute atomic E-state index is 0.0143. The maximum absolute atomic E-state index is 11.7. The number of hydrogen-bond acceptors (Lipinski definition) is 4. The van der Waals surface area contributed by atoms with Crippen LogP contribution in [0.25, 0.3) is 0 Å². The Bertz CT molecular complexity index is 448. The van der Waals surface area contributed by atoms with Crippen molar-refractivity contribution >= 4 is 11.9 Å². The van der Waals surface area contributed by atoms with Crippen LogP contribution in [0.3, 0.4) is 0 Å². The number of carboxylic acids is 1. The van der Waals surface area contributed by atoms with Crippen LogP contribution in [0.5, 0.6) is 0 Å². The molecule has 0 fully saturated rings. The van der Waals surface area contributed by atoms with Crippen LogP contribution < -0.4 is 11.1 Å². The first-order chi connectivity index (χ1) is 9.04. The van der Waals surface area contributed by atoms with Crippen molar-refractivity contribution < 1.29 is 19.8 Å². The molecule has 1 amide bonds. The molecule has 0 heterocycles. The second kappa shape index (κ2) is 7.50. The molecule has 0 saturated heterocycles. The van der Waals surface area contributed by atoms with Crippen molar-refractivity contribution in [1.29, 1.82) is 0 Å². The van der Waals surface area contributed by atoms with Gasteiger partial charge in [0.1, 0.15) is 0 Å². The second-order valence-corrected chi connectivity index (χ2v) is 4.14. The van der Waals surface area contributed by atoms with E-state index in [0.717, 1.165) is 11.1 Å². The first-order valence-corrected chi connectivity index (χ1v) is 5.99. The molecular formula is C13H18N2O4. The zero-order chi connectivity index (χ0) is 14.3. The summed E-state index contributed by atoms with van der Waals surface area (Å²) < 4.78 is 0. The van der Waals surface area contributed by atoms with E-state index in [-0.39, 0.29) is 25.3 Å². The van der Waals surface area contributed by atoms with E-state index in [9.17, 15) is 9.59 Å². The molecule has 0 aliphatic heterocycles. The molecule has 0 radical (unpaired) electrons. The van der Waals surface area contributed by atoms with Gasteiger partial charge >= 0.3 is 5.97 Å². The molecule has 19 heavy (non-hydrogen) atoms. The lowest BCUT2D eigenvalue weighted by Crippen LogP contribution is -2.31. The third kappa shape index (κ3) is 5.07. The quantitative estimate of drug-likeness (QED) is 0.538. The molecule has 5 N–H and O–H groups in total. The van der Waals surface area contributed by atoms with Crippen LogP contribution >= 0.6 is 0 Å². The smallest absolute Gasteiger partial charge is 0.332 e. The van der Waals surface area contributed by atoms with Gasteiger partial charge < -0.3 is 21.3 Å². The number of carbonyl (C=O) groups is 2. The maximum atomic E-state index is 11.7. The first-order valence-electron chi connectivity index (χ1n) is 5.99. The van der Waals surface area contributed by atoms with Crippen molar-refractivity contribution in [3.8, 4) is 0 Å². The van der Waals surface area contributed by atoms with Crippen LogP contribution in [0.15, 0.2) is 24.3 Å². The van der Waals surface area contributed by atoms with E-state index in [1.807, 2.05) is 24.3 Å². The number of carbonyl (C=O) groups excluding carboxylic acids is 1. The Morgan fingerprint density at radius 2 is 1.89 bits per heavy atom. The third-order valence-corrected chi connectivity index (χ3v) is 2.71. The molecule has 1 unspecified atom stereocenters. The van der Waals surface area contributed by atoms with Gasteiger partial charge in [-0.2, -0.15) is 0 Å². The van der Waals surface area contributed by atoms with Crippen molar-refractivity contribution in [1.82, 2.24) is 5.32 Å². The lowest BCUT2D eigenvalue weighted by atomic mass is 10.0. The minimum atomic E-state index is -1.45. The summed E-state index contributed by atoms with van der Waals surface area (Å²) in [5, 5.41) is 20.1. The molecule has 104 valence electrons. The molecule has 0 aliphatic carbocycles. The number of aliphatic hydroxyl groups is 1. The Kier molecular flexibility index (Phi) is 5.98. The van der Waals surface area contributed by atoms with Gasteiger partial charge in [0.25, 0.3) is 0 Å². The fourth-order valence-electron chi connectivity index (χ4n) is 1.64. The monoisotopic (exact) mass is 266 g/mol. The second-order valence-electron chi connectivity index (χ2n) is 4.14. The van der Waals surface area contributed by atoms with Gasteiger partial charge in [-0.25, -0.2) is 4.79 Å². The fourth-order valence-corrected chi connectivity index (χ4v) is 1.64. The standard InChI is InChI=1S/C13H18N2O4/c14-8-10-4-2-1-3-9(10)7-12(17)15-6-5-11(16)13(18)19/h1-4,11,16H,5-8,14H2,(H,15,17)(H,18,19). The molecule has 1 aromatic rings. The molecule has 0 saturated carbocycles. The van der Waals surface area contributed by atoms with E-state index in [2.05, 4.69) is 5.32 Å². The highest BCUT2D eigenvalue weighted by Gasteiger charge is 2.13. The molecule has 1 aromatic carbocycles. The highest BCUT2D eigenvalue weighted by Crippen LogP contribution is 2.08. The summed E-state index contributed by atoms with van der Waals surface area (Å²) in [4.78, 5) is 22.0. The topological polar surface area (TPSA) is 113 Å². The summed E-state index contributed by atoms with van der Waals surface area (Å²) in [6.07, 6.45) is -1.27. The third-order valence-electron chi connectivity index (χ3n) is 2.71. The Labute approximate surface area is 111 Å². The summed E-state index contributed by atoms with van der Waals surface area (Å²) in [7, 11) is 0. The van der Waals surface area contributed by atoms with Crippen LogP contribution in [0, 0.1) is 0 Å². The van der Waals surface area contributed by atoms with Crippen LogP contribution in [-0.2, 0) is 22.6 Å². The van der Waals surface area contributed by atoms with Gasteiger partial charge in [0, 0.05) is 19.5 Å². The largest absolute Gasteiger partial charge is 0.479 e. The molecular weight excluding hydrogens is 248 g/mol. The lowest BCUT2D eigenvalue weighted by molar-refractivity contribution is -0.147.